The fraction of sp³-hybridized carbons (Fsp3) is 0.867. The number of aliphatic hydroxyl groups is 1. The van der Waals surface area contributed by atoms with Gasteiger partial charge >= 0.3 is 12.1 Å². The molecule has 2 heterocycles. The van der Waals surface area contributed by atoms with Gasteiger partial charge in [0.1, 0.15) is 0 Å². The number of aromatic nitrogens is 2. The first-order valence-corrected chi connectivity index (χ1v) is 8.21. The van der Waals surface area contributed by atoms with E-state index in [4.69, 9.17) is 0 Å². The van der Waals surface area contributed by atoms with Crippen molar-refractivity contribution in [3.8, 4) is 0 Å². The van der Waals surface area contributed by atoms with Crippen LogP contribution in [0.15, 0.2) is 4.52 Å². The topological polar surface area (TPSA) is 62.4 Å². The van der Waals surface area contributed by atoms with Gasteiger partial charge in [-0.05, 0) is 38.8 Å². The van der Waals surface area contributed by atoms with E-state index >= 15 is 0 Å². The van der Waals surface area contributed by atoms with Gasteiger partial charge in [0.2, 0.25) is 0 Å². The fourth-order valence-electron chi connectivity index (χ4n) is 3.65. The minimum atomic E-state index is -4.59. The summed E-state index contributed by atoms with van der Waals surface area (Å²) in [6.07, 6.45) is 1.78. The summed E-state index contributed by atoms with van der Waals surface area (Å²) in [4.78, 5) is 5.69. The number of piperidine rings is 1. The zero-order chi connectivity index (χ0) is 16.5. The molecule has 1 aromatic rings. The van der Waals surface area contributed by atoms with E-state index < -0.39 is 17.7 Å². The lowest BCUT2D eigenvalue weighted by atomic mass is 9.84. The van der Waals surface area contributed by atoms with E-state index in [0.717, 1.165) is 38.8 Å². The predicted molar refractivity (Wildman–Crippen MR) is 75.7 cm³/mol. The van der Waals surface area contributed by atoms with Gasteiger partial charge in [-0.1, -0.05) is 24.4 Å². The van der Waals surface area contributed by atoms with Crippen molar-refractivity contribution in [1.82, 2.24) is 15.0 Å². The Morgan fingerprint density at radius 1 is 1.17 bits per heavy atom. The van der Waals surface area contributed by atoms with Crippen LogP contribution >= 0.6 is 0 Å². The lowest BCUT2D eigenvalue weighted by Crippen LogP contribution is -2.47. The maximum atomic E-state index is 12.5. The van der Waals surface area contributed by atoms with Gasteiger partial charge in [0.25, 0.3) is 0 Å². The van der Waals surface area contributed by atoms with Crippen molar-refractivity contribution >= 4 is 0 Å². The minimum absolute atomic E-state index is 0.105. The SMILES string of the molecule is OC1(CN2CCC(c3noc(C(F)(F)F)n3)CC2)CCCCC1. The molecule has 8 heteroatoms. The Hall–Kier alpha value is -1.15. The summed E-state index contributed by atoms with van der Waals surface area (Å²) in [7, 11) is 0. The van der Waals surface area contributed by atoms with Crippen LogP contribution in [0.5, 0.6) is 0 Å². The van der Waals surface area contributed by atoms with E-state index in [1.54, 1.807) is 0 Å². The number of hydrogen-bond donors (Lipinski definition) is 1. The monoisotopic (exact) mass is 333 g/mol. The van der Waals surface area contributed by atoms with Crippen molar-refractivity contribution in [2.45, 2.75) is 62.6 Å². The Labute approximate surface area is 132 Å². The lowest BCUT2D eigenvalue weighted by molar-refractivity contribution is -0.159. The van der Waals surface area contributed by atoms with Gasteiger partial charge in [-0.2, -0.15) is 18.2 Å². The summed E-state index contributed by atoms with van der Waals surface area (Å²) in [5.74, 6) is -1.23. The van der Waals surface area contributed by atoms with Gasteiger partial charge < -0.3 is 14.5 Å². The Bertz CT molecular complexity index is 518. The second-order valence-electron chi connectivity index (χ2n) is 6.79. The van der Waals surface area contributed by atoms with Crippen molar-refractivity contribution in [2.24, 2.45) is 0 Å². The van der Waals surface area contributed by atoms with Gasteiger partial charge in [-0.25, -0.2) is 0 Å². The third-order valence-electron chi connectivity index (χ3n) is 4.94. The first-order valence-electron chi connectivity index (χ1n) is 8.21. The molecule has 2 aliphatic rings. The summed E-state index contributed by atoms with van der Waals surface area (Å²) in [5.41, 5.74) is -0.597. The van der Waals surface area contributed by atoms with Crippen molar-refractivity contribution < 1.29 is 22.8 Å². The van der Waals surface area contributed by atoms with Crippen LogP contribution in [0.3, 0.4) is 0 Å². The highest BCUT2D eigenvalue weighted by molar-refractivity contribution is 5.00. The van der Waals surface area contributed by atoms with Crippen LogP contribution < -0.4 is 0 Å². The summed E-state index contributed by atoms with van der Waals surface area (Å²) < 4.78 is 41.8. The molecule has 1 aromatic heterocycles. The molecule has 0 radical (unpaired) electrons. The number of halogens is 3. The van der Waals surface area contributed by atoms with Crippen LogP contribution in [0.1, 0.15) is 62.6 Å². The number of likely N-dealkylation sites (tertiary alicyclic amines) is 1. The fourth-order valence-corrected chi connectivity index (χ4v) is 3.65. The molecule has 1 saturated carbocycles. The molecule has 1 aliphatic carbocycles. The van der Waals surface area contributed by atoms with Crippen LogP contribution in [-0.4, -0.2) is 45.4 Å². The van der Waals surface area contributed by atoms with Crippen molar-refractivity contribution in [2.75, 3.05) is 19.6 Å². The number of alkyl halides is 3. The van der Waals surface area contributed by atoms with Gasteiger partial charge in [0.15, 0.2) is 5.82 Å². The molecule has 0 aromatic carbocycles. The molecule has 2 fully saturated rings. The van der Waals surface area contributed by atoms with Gasteiger partial charge in [-0.3, -0.25) is 0 Å². The highest BCUT2D eigenvalue weighted by atomic mass is 19.4. The molecule has 130 valence electrons. The molecule has 1 saturated heterocycles. The largest absolute Gasteiger partial charge is 0.471 e. The Balaban J connectivity index is 1.53. The maximum Gasteiger partial charge on any atom is 0.471 e. The summed E-state index contributed by atoms with van der Waals surface area (Å²) in [5, 5.41) is 14.1. The number of rotatable bonds is 3. The van der Waals surface area contributed by atoms with Gasteiger partial charge in [0.05, 0.1) is 5.60 Å². The second kappa shape index (κ2) is 6.39. The molecule has 5 nitrogen and oxygen atoms in total. The predicted octanol–water partition coefficient (Wildman–Crippen LogP) is 2.96. The molecule has 3 rings (SSSR count). The van der Waals surface area contributed by atoms with E-state index in [9.17, 15) is 18.3 Å². The number of nitrogens with zero attached hydrogens (tertiary/aromatic N) is 3. The lowest BCUT2D eigenvalue weighted by Gasteiger charge is -2.39. The molecule has 0 atom stereocenters. The summed E-state index contributed by atoms with van der Waals surface area (Å²) >= 11 is 0. The molecule has 23 heavy (non-hydrogen) atoms. The molecule has 1 aliphatic heterocycles. The van der Waals surface area contributed by atoms with E-state index in [2.05, 4.69) is 19.6 Å². The molecule has 1 N–H and O–H groups in total. The van der Waals surface area contributed by atoms with E-state index in [0.29, 0.717) is 19.4 Å². The third-order valence-corrected chi connectivity index (χ3v) is 4.94. The van der Waals surface area contributed by atoms with Crippen molar-refractivity contribution in [3.63, 3.8) is 0 Å². The van der Waals surface area contributed by atoms with Crippen molar-refractivity contribution in [1.29, 1.82) is 0 Å². The third kappa shape index (κ3) is 4.03. The average Bonchev–Trinajstić information content (AvgIpc) is 2.98. The first kappa shape index (κ1) is 16.7. The van der Waals surface area contributed by atoms with Gasteiger partial charge in [0, 0.05) is 12.5 Å². The molecular formula is C15H22F3N3O2. The molecule has 0 amide bonds. The Morgan fingerprint density at radius 3 is 2.39 bits per heavy atom. The zero-order valence-electron chi connectivity index (χ0n) is 13.0. The van der Waals surface area contributed by atoms with Crippen LogP contribution in [0, 0.1) is 0 Å². The Kier molecular flexibility index (Phi) is 4.64. The quantitative estimate of drug-likeness (QED) is 0.921. The molecule has 0 bridgehead atoms. The van der Waals surface area contributed by atoms with Crippen LogP contribution in [0.25, 0.3) is 0 Å². The van der Waals surface area contributed by atoms with Gasteiger partial charge in [-0.15, -0.1) is 0 Å². The normalized spacial score (nSPS) is 24.0. The second-order valence-corrected chi connectivity index (χ2v) is 6.79. The number of hydrogen-bond acceptors (Lipinski definition) is 5. The smallest absolute Gasteiger partial charge is 0.389 e. The first-order chi connectivity index (χ1) is 10.9. The molecule has 0 spiro atoms. The van der Waals surface area contributed by atoms with Crippen LogP contribution in [-0.2, 0) is 6.18 Å². The number of β-amino-alcohol motifs (C(OH)–C–C–N with tert-alkyl or cyclic N) is 1. The van der Waals surface area contributed by atoms with Crippen LogP contribution in [0.2, 0.25) is 0 Å². The van der Waals surface area contributed by atoms with E-state index in [1.807, 2.05) is 0 Å². The summed E-state index contributed by atoms with van der Waals surface area (Å²) in [6, 6.07) is 0. The standard InChI is InChI=1S/C15H22F3N3O2/c16-15(17,18)13-19-12(20-23-13)11-4-8-21(9-5-11)10-14(22)6-2-1-3-7-14/h11,22H,1-10H2. The van der Waals surface area contributed by atoms with Crippen LogP contribution in [0.4, 0.5) is 13.2 Å². The van der Waals surface area contributed by atoms with Crippen molar-refractivity contribution in [3.05, 3.63) is 11.7 Å². The highest BCUT2D eigenvalue weighted by Gasteiger charge is 2.40. The maximum absolute atomic E-state index is 12.5. The molecular weight excluding hydrogens is 311 g/mol. The summed E-state index contributed by atoms with van der Waals surface area (Å²) in [6.45, 7) is 2.13. The van der Waals surface area contributed by atoms with E-state index in [-0.39, 0.29) is 11.7 Å². The zero-order valence-corrected chi connectivity index (χ0v) is 13.0. The minimum Gasteiger partial charge on any atom is -0.389 e. The molecule has 0 unspecified atom stereocenters. The highest BCUT2D eigenvalue weighted by Crippen LogP contribution is 2.33. The Morgan fingerprint density at radius 2 is 1.83 bits per heavy atom. The average molecular weight is 333 g/mol. The van der Waals surface area contributed by atoms with E-state index in [1.165, 1.54) is 6.42 Å².